The minimum atomic E-state index is 0.364. The number of rotatable bonds is 2. The summed E-state index contributed by atoms with van der Waals surface area (Å²) in [5.74, 6) is 0.756. The molecule has 3 aliphatic heterocycles. The predicted molar refractivity (Wildman–Crippen MR) is 64.0 cm³/mol. The molecule has 4 heterocycles. The zero-order chi connectivity index (χ0) is 11.0. The predicted octanol–water partition coefficient (Wildman–Crippen LogP) is 1.05. The zero-order valence-corrected chi connectivity index (χ0v) is 9.55. The van der Waals surface area contributed by atoms with E-state index in [9.17, 15) is 0 Å². The van der Waals surface area contributed by atoms with Gasteiger partial charge in [-0.25, -0.2) is 0 Å². The van der Waals surface area contributed by atoms with E-state index in [1.165, 1.54) is 31.5 Å². The van der Waals surface area contributed by atoms with Crippen LogP contribution in [0.25, 0.3) is 0 Å². The molecule has 0 amide bonds. The first kappa shape index (κ1) is 10.2. The van der Waals surface area contributed by atoms with Crippen LogP contribution in [0.5, 0.6) is 0 Å². The van der Waals surface area contributed by atoms with Crippen molar-refractivity contribution in [3.63, 3.8) is 0 Å². The van der Waals surface area contributed by atoms with Crippen LogP contribution < -0.4 is 5.73 Å². The van der Waals surface area contributed by atoms with Gasteiger partial charge in [-0.2, -0.15) is 0 Å². The summed E-state index contributed by atoms with van der Waals surface area (Å²) in [6.45, 7) is 2.48. The maximum absolute atomic E-state index is 6.35. The lowest BCUT2D eigenvalue weighted by Crippen LogP contribution is -2.61. The van der Waals surface area contributed by atoms with Crippen LogP contribution in [0.1, 0.15) is 18.4 Å². The molecule has 0 unspecified atom stereocenters. The Hall–Kier alpha value is -0.930. The fraction of sp³-hybridized carbons (Fsp3) is 0.615. The van der Waals surface area contributed by atoms with E-state index in [0.29, 0.717) is 12.1 Å². The number of hydrogen-bond acceptors (Lipinski definition) is 3. The molecule has 3 aliphatic rings. The first-order chi connectivity index (χ1) is 7.84. The average Bonchev–Trinajstić information content (AvgIpc) is 2.36. The smallest absolute Gasteiger partial charge is 0.0300 e. The third-order valence-corrected chi connectivity index (χ3v) is 4.20. The Kier molecular flexibility index (Phi) is 2.65. The third-order valence-electron chi connectivity index (χ3n) is 4.20. The molecule has 0 spiro atoms. The monoisotopic (exact) mass is 217 g/mol. The van der Waals surface area contributed by atoms with E-state index < -0.39 is 0 Å². The van der Waals surface area contributed by atoms with Crippen molar-refractivity contribution in [2.24, 2.45) is 11.7 Å². The summed E-state index contributed by atoms with van der Waals surface area (Å²) in [6.07, 6.45) is 7.45. The Morgan fingerprint density at radius 1 is 1.38 bits per heavy atom. The molecular weight excluding hydrogens is 198 g/mol. The number of hydrogen-bond donors (Lipinski definition) is 1. The lowest BCUT2D eigenvalue weighted by atomic mass is 9.77. The van der Waals surface area contributed by atoms with Crippen molar-refractivity contribution in [2.45, 2.75) is 31.3 Å². The van der Waals surface area contributed by atoms with Gasteiger partial charge in [0.2, 0.25) is 0 Å². The fourth-order valence-electron chi connectivity index (χ4n) is 3.22. The van der Waals surface area contributed by atoms with Crippen molar-refractivity contribution in [3.05, 3.63) is 30.1 Å². The van der Waals surface area contributed by atoms with E-state index in [0.717, 1.165) is 12.3 Å². The fourth-order valence-corrected chi connectivity index (χ4v) is 3.22. The van der Waals surface area contributed by atoms with Gasteiger partial charge in [-0.15, -0.1) is 0 Å². The molecular formula is C13H19N3. The molecule has 2 bridgehead atoms. The van der Waals surface area contributed by atoms with Crippen molar-refractivity contribution in [1.29, 1.82) is 0 Å². The van der Waals surface area contributed by atoms with Gasteiger partial charge in [0.05, 0.1) is 0 Å². The summed E-state index contributed by atoms with van der Waals surface area (Å²) < 4.78 is 0. The molecule has 1 aromatic rings. The van der Waals surface area contributed by atoms with E-state index in [1.807, 2.05) is 18.5 Å². The van der Waals surface area contributed by atoms with Crippen LogP contribution in [0.4, 0.5) is 0 Å². The SMILES string of the molecule is N[C@@H]1C2CCN(CC2)[C@@H]1Cc1cccnc1. The highest BCUT2D eigenvalue weighted by Gasteiger charge is 2.39. The number of nitrogens with zero attached hydrogens (tertiary/aromatic N) is 2. The first-order valence-corrected chi connectivity index (χ1v) is 6.23. The van der Waals surface area contributed by atoms with Crippen LogP contribution in [0.15, 0.2) is 24.5 Å². The molecule has 16 heavy (non-hydrogen) atoms. The first-order valence-electron chi connectivity index (χ1n) is 6.23. The van der Waals surface area contributed by atoms with Crippen molar-refractivity contribution in [2.75, 3.05) is 13.1 Å². The highest BCUT2D eigenvalue weighted by molar-refractivity contribution is 5.13. The summed E-state index contributed by atoms with van der Waals surface area (Å²) in [4.78, 5) is 6.75. The Morgan fingerprint density at radius 2 is 2.19 bits per heavy atom. The average molecular weight is 217 g/mol. The van der Waals surface area contributed by atoms with Crippen molar-refractivity contribution in [3.8, 4) is 0 Å². The van der Waals surface area contributed by atoms with Crippen LogP contribution in [-0.4, -0.2) is 35.1 Å². The third kappa shape index (κ3) is 1.74. The van der Waals surface area contributed by atoms with Crippen LogP contribution >= 0.6 is 0 Å². The van der Waals surface area contributed by atoms with E-state index in [1.54, 1.807) is 0 Å². The maximum atomic E-state index is 6.35. The summed E-state index contributed by atoms with van der Waals surface area (Å²) in [6, 6.07) is 5.07. The lowest BCUT2D eigenvalue weighted by molar-refractivity contribution is 0.0287. The Balaban J connectivity index is 1.75. The van der Waals surface area contributed by atoms with Gasteiger partial charge in [0.25, 0.3) is 0 Å². The van der Waals surface area contributed by atoms with Crippen LogP contribution in [0, 0.1) is 5.92 Å². The molecule has 1 aromatic heterocycles. The Bertz CT molecular complexity index is 341. The van der Waals surface area contributed by atoms with E-state index >= 15 is 0 Å². The van der Waals surface area contributed by atoms with Crippen LogP contribution in [-0.2, 0) is 6.42 Å². The number of pyridine rings is 1. The van der Waals surface area contributed by atoms with Crippen LogP contribution in [0.3, 0.4) is 0 Å². The van der Waals surface area contributed by atoms with Crippen molar-refractivity contribution < 1.29 is 0 Å². The molecule has 2 atom stereocenters. The molecule has 3 nitrogen and oxygen atoms in total. The van der Waals surface area contributed by atoms with Crippen LogP contribution in [0.2, 0.25) is 0 Å². The Labute approximate surface area is 96.7 Å². The zero-order valence-electron chi connectivity index (χ0n) is 9.55. The number of piperidine rings is 3. The standard InChI is InChI=1S/C13H19N3/c14-13-11-3-6-16(7-4-11)12(13)8-10-2-1-5-15-9-10/h1-2,5,9,11-13H,3-4,6-8,14H2/t12-,13-/m1/s1. The summed E-state index contributed by atoms with van der Waals surface area (Å²) in [5, 5.41) is 0. The number of fused-ring (bicyclic) bond motifs is 3. The summed E-state index contributed by atoms with van der Waals surface area (Å²) in [7, 11) is 0. The van der Waals surface area contributed by atoms with E-state index in [4.69, 9.17) is 5.73 Å². The lowest BCUT2D eigenvalue weighted by Gasteiger charge is -2.49. The highest BCUT2D eigenvalue weighted by atomic mass is 15.2. The topological polar surface area (TPSA) is 42.1 Å². The molecule has 3 saturated heterocycles. The quantitative estimate of drug-likeness (QED) is 0.805. The minimum Gasteiger partial charge on any atom is -0.326 e. The van der Waals surface area contributed by atoms with Gasteiger partial charge in [0, 0.05) is 24.5 Å². The molecule has 2 N–H and O–H groups in total. The van der Waals surface area contributed by atoms with Gasteiger partial charge < -0.3 is 5.73 Å². The number of nitrogens with two attached hydrogens (primary N) is 1. The molecule has 0 aromatic carbocycles. The second kappa shape index (κ2) is 4.15. The summed E-state index contributed by atoms with van der Waals surface area (Å²) >= 11 is 0. The second-order valence-electron chi connectivity index (χ2n) is 5.08. The van der Waals surface area contributed by atoms with Gasteiger partial charge in [0.1, 0.15) is 0 Å². The van der Waals surface area contributed by atoms with E-state index in [2.05, 4.69) is 16.0 Å². The largest absolute Gasteiger partial charge is 0.326 e. The van der Waals surface area contributed by atoms with Gasteiger partial charge in [0.15, 0.2) is 0 Å². The Morgan fingerprint density at radius 3 is 2.81 bits per heavy atom. The molecule has 0 radical (unpaired) electrons. The van der Waals surface area contributed by atoms with Gasteiger partial charge >= 0.3 is 0 Å². The maximum Gasteiger partial charge on any atom is 0.0300 e. The van der Waals surface area contributed by atoms with Crippen molar-refractivity contribution in [1.82, 2.24) is 9.88 Å². The van der Waals surface area contributed by atoms with Gasteiger partial charge in [-0.1, -0.05) is 6.07 Å². The van der Waals surface area contributed by atoms with Gasteiger partial charge in [-0.05, 0) is 49.9 Å². The molecule has 0 saturated carbocycles. The second-order valence-corrected chi connectivity index (χ2v) is 5.08. The van der Waals surface area contributed by atoms with E-state index in [-0.39, 0.29) is 0 Å². The molecule has 4 rings (SSSR count). The summed E-state index contributed by atoms with van der Waals surface area (Å²) in [5.41, 5.74) is 7.67. The normalized spacial score (nSPS) is 37.6. The molecule has 3 fully saturated rings. The van der Waals surface area contributed by atoms with Crippen molar-refractivity contribution >= 4 is 0 Å². The molecule has 86 valence electrons. The molecule has 0 aliphatic carbocycles. The van der Waals surface area contributed by atoms with Gasteiger partial charge in [-0.3, -0.25) is 9.88 Å². The highest BCUT2D eigenvalue weighted by Crippen LogP contribution is 2.32. The number of aromatic nitrogens is 1. The minimum absolute atomic E-state index is 0.364. The molecule has 3 heteroatoms.